The van der Waals surface area contributed by atoms with Crippen molar-refractivity contribution in [1.29, 1.82) is 0 Å². The molecule has 1 N–H and O–H groups in total. The molecule has 0 aliphatic carbocycles. The van der Waals surface area contributed by atoms with Crippen molar-refractivity contribution in [3.8, 4) is 0 Å². The summed E-state index contributed by atoms with van der Waals surface area (Å²) in [6, 6.07) is 2.08. The molecule has 1 amide bonds. The lowest BCUT2D eigenvalue weighted by atomic mass is 9.98. The van der Waals surface area contributed by atoms with Crippen LogP contribution < -0.4 is 5.32 Å². The Kier molecular flexibility index (Phi) is 6.01. The van der Waals surface area contributed by atoms with Crippen LogP contribution in [0.2, 0.25) is 0 Å². The first-order valence-corrected chi connectivity index (χ1v) is 8.23. The van der Waals surface area contributed by atoms with Crippen LogP contribution in [-0.2, 0) is 11.3 Å². The highest BCUT2D eigenvalue weighted by Gasteiger charge is 2.18. The van der Waals surface area contributed by atoms with Crippen LogP contribution in [0.1, 0.15) is 18.4 Å². The van der Waals surface area contributed by atoms with E-state index in [-0.39, 0.29) is 5.91 Å². The smallest absolute Gasteiger partial charge is 0.236 e. The quantitative estimate of drug-likeness (QED) is 0.866. The van der Waals surface area contributed by atoms with Gasteiger partial charge in [-0.15, -0.1) is 0 Å². The number of amides is 1. The minimum absolute atomic E-state index is 0.202. The molecular formula is C15H25N3OS. The summed E-state index contributed by atoms with van der Waals surface area (Å²) < 4.78 is 0. The molecule has 0 bridgehead atoms. The van der Waals surface area contributed by atoms with Crippen LogP contribution in [0, 0.1) is 5.92 Å². The summed E-state index contributed by atoms with van der Waals surface area (Å²) in [4.78, 5) is 16.2. The highest BCUT2D eigenvalue weighted by molar-refractivity contribution is 7.07. The molecule has 0 radical (unpaired) electrons. The molecule has 1 fully saturated rings. The van der Waals surface area contributed by atoms with E-state index in [9.17, 15) is 4.79 Å². The molecular weight excluding hydrogens is 270 g/mol. The Hall–Kier alpha value is -0.910. The molecule has 0 aromatic carbocycles. The molecule has 2 heterocycles. The van der Waals surface area contributed by atoms with Crippen LogP contribution in [0.25, 0.3) is 0 Å². The zero-order chi connectivity index (χ0) is 14.4. The zero-order valence-electron chi connectivity index (χ0n) is 12.5. The molecule has 0 atom stereocenters. The minimum Gasteiger partial charge on any atom is -0.340 e. The second kappa shape index (κ2) is 7.76. The van der Waals surface area contributed by atoms with Crippen molar-refractivity contribution in [3.05, 3.63) is 22.4 Å². The SMILES string of the molecule is CN(CC(=O)N(C)Cc1ccsc1)CC1CCNCC1. The monoisotopic (exact) mass is 295 g/mol. The van der Waals surface area contributed by atoms with E-state index in [0.29, 0.717) is 13.1 Å². The topological polar surface area (TPSA) is 35.6 Å². The van der Waals surface area contributed by atoms with Gasteiger partial charge < -0.3 is 10.2 Å². The predicted molar refractivity (Wildman–Crippen MR) is 83.9 cm³/mol. The first kappa shape index (κ1) is 15.5. The van der Waals surface area contributed by atoms with Crippen LogP contribution in [0.5, 0.6) is 0 Å². The van der Waals surface area contributed by atoms with Gasteiger partial charge in [-0.25, -0.2) is 0 Å². The van der Waals surface area contributed by atoms with E-state index in [1.54, 1.807) is 11.3 Å². The van der Waals surface area contributed by atoms with Gasteiger partial charge in [0.25, 0.3) is 0 Å². The van der Waals surface area contributed by atoms with Gasteiger partial charge in [-0.1, -0.05) is 0 Å². The zero-order valence-corrected chi connectivity index (χ0v) is 13.3. The van der Waals surface area contributed by atoms with Gasteiger partial charge in [0.05, 0.1) is 6.54 Å². The Morgan fingerprint density at radius 2 is 2.15 bits per heavy atom. The maximum absolute atomic E-state index is 12.2. The average Bonchev–Trinajstić information content (AvgIpc) is 2.92. The number of likely N-dealkylation sites (N-methyl/N-ethyl adjacent to an activating group) is 2. The normalized spacial score (nSPS) is 16.6. The lowest BCUT2D eigenvalue weighted by Crippen LogP contribution is -2.40. The van der Waals surface area contributed by atoms with Gasteiger partial charge >= 0.3 is 0 Å². The van der Waals surface area contributed by atoms with Gasteiger partial charge in [0.1, 0.15) is 0 Å². The summed E-state index contributed by atoms with van der Waals surface area (Å²) in [6.45, 7) is 4.49. The summed E-state index contributed by atoms with van der Waals surface area (Å²) in [7, 11) is 3.94. The third-order valence-corrected chi connectivity index (χ3v) is 4.59. The fourth-order valence-corrected chi connectivity index (χ4v) is 3.33. The molecule has 0 unspecified atom stereocenters. The lowest BCUT2D eigenvalue weighted by Gasteiger charge is -2.28. The van der Waals surface area contributed by atoms with Crippen LogP contribution in [0.4, 0.5) is 0 Å². The first-order chi connectivity index (χ1) is 9.65. The summed E-state index contributed by atoms with van der Waals surface area (Å²) in [5, 5.41) is 7.53. The first-order valence-electron chi connectivity index (χ1n) is 7.29. The van der Waals surface area contributed by atoms with Gasteiger partial charge in [0.15, 0.2) is 0 Å². The number of carbonyl (C=O) groups is 1. The van der Waals surface area contributed by atoms with Crippen LogP contribution in [0.3, 0.4) is 0 Å². The van der Waals surface area contributed by atoms with Crippen LogP contribution >= 0.6 is 11.3 Å². The van der Waals surface area contributed by atoms with E-state index in [4.69, 9.17) is 0 Å². The van der Waals surface area contributed by atoms with Crippen molar-refractivity contribution < 1.29 is 4.79 Å². The molecule has 1 aromatic heterocycles. The fourth-order valence-electron chi connectivity index (χ4n) is 2.67. The number of hydrogen-bond donors (Lipinski definition) is 1. The van der Waals surface area contributed by atoms with Gasteiger partial charge in [0, 0.05) is 20.1 Å². The number of piperidine rings is 1. The van der Waals surface area contributed by atoms with Gasteiger partial charge in [-0.3, -0.25) is 9.69 Å². The van der Waals surface area contributed by atoms with E-state index in [1.807, 2.05) is 11.9 Å². The molecule has 20 heavy (non-hydrogen) atoms. The second-order valence-corrected chi connectivity index (χ2v) is 6.55. The van der Waals surface area contributed by atoms with E-state index >= 15 is 0 Å². The second-order valence-electron chi connectivity index (χ2n) is 5.77. The minimum atomic E-state index is 0.202. The Morgan fingerprint density at radius 3 is 2.80 bits per heavy atom. The van der Waals surface area contributed by atoms with Gasteiger partial charge in [-0.2, -0.15) is 11.3 Å². The number of nitrogens with zero attached hydrogens (tertiary/aromatic N) is 2. The van der Waals surface area contributed by atoms with Crippen LogP contribution in [-0.4, -0.2) is 56.0 Å². The Morgan fingerprint density at radius 1 is 1.40 bits per heavy atom. The molecule has 0 saturated carbocycles. The van der Waals surface area contributed by atoms with Crippen molar-refractivity contribution in [1.82, 2.24) is 15.1 Å². The molecule has 1 aliphatic rings. The highest BCUT2D eigenvalue weighted by atomic mass is 32.1. The van der Waals surface area contributed by atoms with Crippen LogP contribution in [0.15, 0.2) is 16.8 Å². The predicted octanol–water partition coefficient (Wildman–Crippen LogP) is 1.64. The summed E-state index contributed by atoms with van der Waals surface area (Å²) in [5.74, 6) is 0.934. The fraction of sp³-hybridized carbons (Fsp3) is 0.667. The number of hydrogen-bond acceptors (Lipinski definition) is 4. The van der Waals surface area contributed by atoms with Gasteiger partial charge in [-0.05, 0) is 61.3 Å². The van der Waals surface area contributed by atoms with Crippen molar-refractivity contribution in [3.63, 3.8) is 0 Å². The third kappa shape index (κ3) is 4.89. The summed E-state index contributed by atoms with van der Waals surface area (Å²) in [6.07, 6.45) is 2.45. The molecule has 4 nitrogen and oxygen atoms in total. The third-order valence-electron chi connectivity index (χ3n) is 3.86. The number of carbonyl (C=O) groups excluding carboxylic acids is 1. The molecule has 0 spiro atoms. The molecule has 1 aromatic rings. The highest BCUT2D eigenvalue weighted by Crippen LogP contribution is 2.13. The summed E-state index contributed by atoms with van der Waals surface area (Å²) >= 11 is 1.68. The number of thiophene rings is 1. The molecule has 2 rings (SSSR count). The molecule has 5 heteroatoms. The van der Waals surface area contributed by atoms with Crippen molar-refractivity contribution in [2.45, 2.75) is 19.4 Å². The van der Waals surface area contributed by atoms with E-state index in [1.165, 1.54) is 18.4 Å². The maximum atomic E-state index is 12.2. The van der Waals surface area contributed by atoms with Gasteiger partial charge in [0.2, 0.25) is 5.91 Å². The lowest BCUT2D eigenvalue weighted by molar-refractivity contribution is -0.131. The molecule has 112 valence electrons. The number of nitrogens with one attached hydrogen (secondary N) is 1. The standard InChI is InChI=1S/C15H25N3OS/c1-17(9-13-3-6-16-7-4-13)11-15(19)18(2)10-14-5-8-20-12-14/h5,8,12-13,16H,3-4,6-7,9-11H2,1-2H3. The molecule has 1 saturated heterocycles. The van der Waals surface area contributed by atoms with E-state index in [2.05, 4.69) is 34.1 Å². The summed E-state index contributed by atoms with van der Waals surface area (Å²) in [5.41, 5.74) is 1.21. The largest absolute Gasteiger partial charge is 0.340 e. The Bertz CT molecular complexity index is 401. The Balaban J connectivity index is 1.72. The Labute approximate surface area is 125 Å². The maximum Gasteiger partial charge on any atom is 0.236 e. The van der Waals surface area contributed by atoms with E-state index in [0.717, 1.165) is 25.6 Å². The number of rotatable bonds is 6. The molecule has 1 aliphatic heterocycles. The van der Waals surface area contributed by atoms with Crippen molar-refractivity contribution in [2.24, 2.45) is 5.92 Å². The van der Waals surface area contributed by atoms with Crippen molar-refractivity contribution in [2.75, 3.05) is 40.3 Å². The van der Waals surface area contributed by atoms with Crippen molar-refractivity contribution >= 4 is 17.2 Å². The van der Waals surface area contributed by atoms with E-state index < -0.39 is 0 Å². The average molecular weight is 295 g/mol.